The summed E-state index contributed by atoms with van der Waals surface area (Å²) in [5.41, 5.74) is 1.19. The normalized spacial score (nSPS) is 23.8. The van der Waals surface area contributed by atoms with Gasteiger partial charge in [0.25, 0.3) is 0 Å². The molecule has 2 rings (SSSR count). The topological polar surface area (TPSA) is 67.2 Å². The third-order valence-electron chi connectivity index (χ3n) is 4.40. The Morgan fingerprint density at radius 3 is 2.82 bits per heavy atom. The second kappa shape index (κ2) is 7.57. The lowest BCUT2D eigenvalue weighted by Gasteiger charge is -2.37. The fraction of sp³-hybridized carbons (Fsp3) is 0.800. The predicted molar refractivity (Wildman–Crippen MR) is 88.0 cm³/mol. The third kappa shape index (κ3) is 4.54. The molecule has 126 valence electrons. The zero-order valence-corrected chi connectivity index (χ0v) is 14.6. The molecule has 1 saturated heterocycles. The highest BCUT2D eigenvalue weighted by Crippen LogP contribution is 2.22. The Kier molecular flexibility index (Phi) is 6.00. The average Bonchev–Trinajstić information content (AvgIpc) is 2.92. The van der Waals surface area contributed by atoms with E-state index in [1.54, 1.807) is 4.31 Å². The van der Waals surface area contributed by atoms with Crippen LogP contribution in [0.5, 0.6) is 0 Å². The maximum absolute atomic E-state index is 11.7. The first-order valence-electron chi connectivity index (χ1n) is 8.13. The SMILES string of the molecule is CCCn1cc(CN[C@H]2CCN(S(C)(=O)=O)C[C@@H]2CC)cn1. The van der Waals surface area contributed by atoms with Gasteiger partial charge in [0, 0.05) is 44.0 Å². The van der Waals surface area contributed by atoms with E-state index in [0.717, 1.165) is 32.4 Å². The van der Waals surface area contributed by atoms with Crippen molar-refractivity contribution in [2.24, 2.45) is 5.92 Å². The lowest BCUT2D eigenvalue weighted by Crippen LogP contribution is -2.50. The van der Waals surface area contributed by atoms with Gasteiger partial charge in [0.15, 0.2) is 0 Å². The number of hydrogen-bond donors (Lipinski definition) is 1. The van der Waals surface area contributed by atoms with Crippen molar-refractivity contribution in [1.82, 2.24) is 19.4 Å². The smallest absolute Gasteiger partial charge is 0.211 e. The van der Waals surface area contributed by atoms with Crippen LogP contribution < -0.4 is 5.32 Å². The van der Waals surface area contributed by atoms with Crippen molar-refractivity contribution in [3.05, 3.63) is 18.0 Å². The van der Waals surface area contributed by atoms with Crippen LogP contribution in [0, 0.1) is 5.92 Å². The molecule has 2 heterocycles. The monoisotopic (exact) mass is 328 g/mol. The van der Waals surface area contributed by atoms with Crippen LogP contribution in [0.25, 0.3) is 0 Å². The van der Waals surface area contributed by atoms with E-state index in [2.05, 4.69) is 30.5 Å². The number of piperidine rings is 1. The number of hydrogen-bond acceptors (Lipinski definition) is 4. The van der Waals surface area contributed by atoms with Crippen LogP contribution in [0.15, 0.2) is 12.4 Å². The summed E-state index contributed by atoms with van der Waals surface area (Å²) >= 11 is 0. The molecule has 7 heteroatoms. The minimum atomic E-state index is -3.07. The van der Waals surface area contributed by atoms with Gasteiger partial charge in [-0.2, -0.15) is 5.10 Å². The van der Waals surface area contributed by atoms with Crippen molar-refractivity contribution >= 4 is 10.0 Å². The summed E-state index contributed by atoms with van der Waals surface area (Å²) in [6, 6.07) is 0.373. The summed E-state index contributed by atoms with van der Waals surface area (Å²) < 4.78 is 27.0. The van der Waals surface area contributed by atoms with Gasteiger partial charge in [-0.25, -0.2) is 12.7 Å². The van der Waals surface area contributed by atoms with E-state index < -0.39 is 10.0 Å². The Hall–Kier alpha value is -0.920. The largest absolute Gasteiger partial charge is 0.309 e. The molecule has 1 aliphatic heterocycles. The number of sulfonamides is 1. The van der Waals surface area contributed by atoms with Crippen LogP contribution >= 0.6 is 0 Å². The average molecular weight is 328 g/mol. The lowest BCUT2D eigenvalue weighted by molar-refractivity contribution is 0.202. The first kappa shape index (κ1) is 17.4. The summed E-state index contributed by atoms with van der Waals surface area (Å²) in [5, 5.41) is 7.93. The molecule has 2 atom stereocenters. The van der Waals surface area contributed by atoms with Crippen LogP contribution in [0.4, 0.5) is 0 Å². The molecule has 0 amide bonds. The molecule has 0 bridgehead atoms. The fourth-order valence-corrected chi connectivity index (χ4v) is 3.98. The van der Waals surface area contributed by atoms with E-state index in [4.69, 9.17) is 0 Å². The van der Waals surface area contributed by atoms with Gasteiger partial charge in [0.2, 0.25) is 10.0 Å². The Morgan fingerprint density at radius 2 is 2.18 bits per heavy atom. The Bertz CT molecular complexity index is 570. The molecule has 1 aromatic rings. The van der Waals surface area contributed by atoms with Crippen molar-refractivity contribution in [1.29, 1.82) is 0 Å². The van der Waals surface area contributed by atoms with E-state index >= 15 is 0 Å². The van der Waals surface area contributed by atoms with Gasteiger partial charge in [-0.05, 0) is 18.8 Å². The Labute approximate surface area is 133 Å². The van der Waals surface area contributed by atoms with E-state index in [-0.39, 0.29) is 0 Å². The summed E-state index contributed by atoms with van der Waals surface area (Å²) in [7, 11) is -3.07. The van der Waals surface area contributed by atoms with Gasteiger partial charge in [0.1, 0.15) is 0 Å². The number of nitrogens with zero attached hydrogens (tertiary/aromatic N) is 3. The molecule has 1 aliphatic rings. The predicted octanol–water partition coefficient (Wildman–Crippen LogP) is 1.44. The molecule has 0 saturated carbocycles. The molecule has 0 radical (unpaired) electrons. The quantitative estimate of drug-likeness (QED) is 0.822. The van der Waals surface area contributed by atoms with Crippen molar-refractivity contribution in [3.8, 4) is 0 Å². The first-order chi connectivity index (χ1) is 10.4. The second-order valence-electron chi connectivity index (χ2n) is 6.18. The summed E-state index contributed by atoms with van der Waals surface area (Å²) in [5.74, 6) is 0.370. The lowest BCUT2D eigenvalue weighted by atomic mass is 9.91. The number of aryl methyl sites for hydroxylation is 1. The second-order valence-corrected chi connectivity index (χ2v) is 8.16. The number of nitrogens with one attached hydrogen (secondary N) is 1. The van der Waals surface area contributed by atoms with Crippen molar-refractivity contribution in [3.63, 3.8) is 0 Å². The van der Waals surface area contributed by atoms with Crippen molar-refractivity contribution in [2.75, 3.05) is 19.3 Å². The summed E-state index contributed by atoms with van der Waals surface area (Å²) in [6.45, 7) is 7.25. The van der Waals surface area contributed by atoms with Gasteiger partial charge >= 0.3 is 0 Å². The van der Waals surface area contributed by atoms with Crippen molar-refractivity contribution < 1.29 is 8.42 Å². The Morgan fingerprint density at radius 1 is 1.41 bits per heavy atom. The highest BCUT2D eigenvalue weighted by molar-refractivity contribution is 7.88. The minimum absolute atomic E-state index is 0.370. The molecule has 0 aromatic carbocycles. The molecule has 0 unspecified atom stereocenters. The standard InChI is InChI=1S/C15H28N4O2S/c1-4-7-18-11-13(10-17-18)9-16-15-6-8-19(22(3,20)21)12-14(15)5-2/h10-11,14-16H,4-9,12H2,1-3H3/t14-,15-/m0/s1. The highest BCUT2D eigenvalue weighted by Gasteiger charge is 2.31. The first-order valence-corrected chi connectivity index (χ1v) is 9.98. The minimum Gasteiger partial charge on any atom is -0.309 e. The molecule has 1 fully saturated rings. The zero-order chi connectivity index (χ0) is 16.2. The summed E-state index contributed by atoms with van der Waals surface area (Å²) in [6.07, 6.45) is 8.23. The number of rotatable bonds is 7. The van der Waals surface area contributed by atoms with Crippen LogP contribution in [0.1, 0.15) is 38.7 Å². The fourth-order valence-electron chi connectivity index (χ4n) is 3.08. The zero-order valence-electron chi connectivity index (χ0n) is 13.8. The number of aromatic nitrogens is 2. The van der Waals surface area contributed by atoms with Crippen LogP contribution in [0.3, 0.4) is 0 Å². The van der Waals surface area contributed by atoms with E-state index in [0.29, 0.717) is 25.0 Å². The van der Waals surface area contributed by atoms with Gasteiger partial charge in [-0.1, -0.05) is 20.3 Å². The molecule has 22 heavy (non-hydrogen) atoms. The maximum Gasteiger partial charge on any atom is 0.211 e. The van der Waals surface area contributed by atoms with E-state index in [1.807, 2.05) is 10.9 Å². The molecular formula is C15H28N4O2S. The van der Waals surface area contributed by atoms with Gasteiger partial charge in [-0.3, -0.25) is 4.68 Å². The molecular weight excluding hydrogens is 300 g/mol. The molecule has 1 N–H and O–H groups in total. The van der Waals surface area contributed by atoms with E-state index in [1.165, 1.54) is 11.8 Å². The molecule has 1 aromatic heterocycles. The molecule has 0 aliphatic carbocycles. The summed E-state index contributed by atoms with van der Waals surface area (Å²) in [4.78, 5) is 0. The van der Waals surface area contributed by atoms with E-state index in [9.17, 15) is 8.42 Å². The third-order valence-corrected chi connectivity index (χ3v) is 5.67. The van der Waals surface area contributed by atoms with Gasteiger partial charge < -0.3 is 5.32 Å². The molecule has 6 nitrogen and oxygen atoms in total. The van der Waals surface area contributed by atoms with Gasteiger partial charge in [-0.15, -0.1) is 0 Å². The van der Waals surface area contributed by atoms with Gasteiger partial charge in [0.05, 0.1) is 12.5 Å². The van der Waals surface area contributed by atoms with Crippen LogP contribution in [-0.2, 0) is 23.1 Å². The van der Waals surface area contributed by atoms with Crippen molar-refractivity contribution in [2.45, 2.75) is 52.2 Å². The maximum atomic E-state index is 11.7. The highest BCUT2D eigenvalue weighted by atomic mass is 32.2. The van der Waals surface area contributed by atoms with Crippen LogP contribution in [-0.4, -0.2) is 47.9 Å². The Balaban J connectivity index is 1.89. The van der Waals surface area contributed by atoms with Crippen LogP contribution in [0.2, 0.25) is 0 Å². The molecule has 0 spiro atoms.